The lowest BCUT2D eigenvalue weighted by Gasteiger charge is -2.29. The van der Waals surface area contributed by atoms with Crippen molar-refractivity contribution in [2.45, 2.75) is 65.3 Å². The van der Waals surface area contributed by atoms with Crippen molar-refractivity contribution in [3.63, 3.8) is 0 Å². The van der Waals surface area contributed by atoms with Gasteiger partial charge < -0.3 is 4.74 Å². The van der Waals surface area contributed by atoms with Crippen LogP contribution in [0.15, 0.2) is 0 Å². The molecule has 0 aromatic rings. The molecule has 0 saturated heterocycles. The van der Waals surface area contributed by atoms with Crippen molar-refractivity contribution in [2.75, 3.05) is 19.7 Å². The molecule has 3 heteroatoms. The van der Waals surface area contributed by atoms with Gasteiger partial charge in [0.05, 0.1) is 13.2 Å². The molecular weight excluding hydrogens is 226 g/mol. The maximum absolute atomic E-state index is 11.5. The molecule has 1 aliphatic carbocycles. The van der Waals surface area contributed by atoms with E-state index in [1.807, 2.05) is 6.92 Å². The summed E-state index contributed by atoms with van der Waals surface area (Å²) in [4.78, 5) is 13.8. The second-order valence-corrected chi connectivity index (χ2v) is 5.66. The van der Waals surface area contributed by atoms with Gasteiger partial charge in [0.25, 0.3) is 0 Å². The Bertz CT molecular complexity index is 235. The number of carbonyl (C=O) groups excluding carboxylic acids is 1. The van der Waals surface area contributed by atoms with Crippen LogP contribution < -0.4 is 0 Å². The Morgan fingerprint density at radius 1 is 1.28 bits per heavy atom. The first-order chi connectivity index (χ1) is 8.63. The van der Waals surface area contributed by atoms with Crippen LogP contribution in [0.3, 0.4) is 0 Å². The van der Waals surface area contributed by atoms with Crippen LogP contribution in [0.5, 0.6) is 0 Å². The molecule has 0 N–H and O–H groups in total. The third-order valence-electron chi connectivity index (χ3n) is 3.92. The summed E-state index contributed by atoms with van der Waals surface area (Å²) in [7, 11) is 0. The summed E-state index contributed by atoms with van der Waals surface area (Å²) in [6.07, 6.45) is 8.19. The predicted molar refractivity (Wildman–Crippen MR) is 74.5 cm³/mol. The molecule has 0 spiro atoms. The zero-order chi connectivity index (χ0) is 13.4. The molecule has 1 fully saturated rings. The molecule has 0 aromatic heterocycles. The largest absolute Gasteiger partial charge is 0.465 e. The SMILES string of the molecule is CCOC(=O)CN(CCC1CCCCC1)C(C)C. The average molecular weight is 255 g/mol. The lowest BCUT2D eigenvalue weighted by molar-refractivity contribution is -0.145. The monoisotopic (exact) mass is 255 g/mol. The van der Waals surface area contributed by atoms with Gasteiger partial charge in [0, 0.05) is 6.04 Å². The Labute approximate surface area is 112 Å². The van der Waals surface area contributed by atoms with Gasteiger partial charge in [0.2, 0.25) is 0 Å². The maximum Gasteiger partial charge on any atom is 0.320 e. The summed E-state index contributed by atoms with van der Waals surface area (Å²) >= 11 is 0. The normalized spacial score (nSPS) is 17.4. The second-order valence-electron chi connectivity index (χ2n) is 5.66. The van der Waals surface area contributed by atoms with Gasteiger partial charge in [0.1, 0.15) is 0 Å². The molecule has 0 unspecified atom stereocenters. The maximum atomic E-state index is 11.5. The van der Waals surface area contributed by atoms with Crippen LogP contribution in [0.25, 0.3) is 0 Å². The fourth-order valence-corrected chi connectivity index (χ4v) is 2.72. The Morgan fingerprint density at radius 3 is 2.50 bits per heavy atom. The van der Waals surface area contributed by atoms with Gasteiger partial charge in [-0.1, -0.05) is 32.1 Å². The number of hydrogen-bond donors (Lipinski definition) is 0. The lowest BCUT2D eigenvalue weighted by Crippen LogP contribution is -2.38. The molecule has 0 aromatic carbocycles. The van der Waals surface area contributed by atoms with E-state index in [1.165, 1.54) is 38.5 Å². The highest BCUT2D eigenvalue weighted by Crippen LogP contribution is 2.26. The molecule has 0 amide bonds. The zero-order valence-corrected chi connectivity index (χ0v) is 12.3. The number of hydrogen-bond acceptors (Lipinski definition) is 3. The highest BCUT2D eigenvalue weighted by atomic mass is 16.5. The van der Waals surface area contributed by atoms with Crippen molar-refractivity contribution in [3.05, 3.63) is 0 Å². The van der Waals surface area contributed by atoms with E-state index in [4.69, 9.17) is 4.74 Å². The fourth-order valence-electron chi connectivity index (χ4n) is 2.72. The molecule has 0 aliphatic heterocycles. The van der Waals surface area contributed by atoms with E-state index in [2.05, 4.69) is 18.7 Å². The molecule has 0 atom stereocenters. The first kappa shape index (κ1) is 15.5. The van der Waals surface area contributed by atoms with Crippen molar-refractivity contribution in [2.24, 2.45) is 5.92 Å². The van der Waals surface area contributed by atoms with E-state index < -0.39 is 0 Å². The third kappa shape index (κ3) is 5.85. The first-order valence-corrected chi connectivity index (χ1v) is 7.53. The molecule has 1 aliphatic rings. The van der Waals surface area contributed by atoms with Gasteiger partial charge in [-0.3, -0.25) is 9.69 Å². The number of esters is 1. The van der Waals surface area contributed by atoms with Gasteiger partial charge in [0.15, 0.2) is 0 Å². The number of rotatable bonds is 7. The van der Waals surface area contributed by atoms with Crippen molar-refractivity contribution in [1.29, 1.82) is 0 Å². The van der Waals surface area contributed by atoms with Crippen molar-refractivity contribution in [3.8, 4) is 0 Å². The summed E-state index contributed by atoms with van der Waals surface area (Å²) in [6, 6.07) is 0.415. The van der Waals surface area contributed by atoms with Crippen LogP contribution in [0, 0.1) is 5.92 Å². The van der Waals surface area contributed by atoms with Crippen LogP contribution in [-0.4, -0.2) is 36.6 Å². The minimum atomic E-state index is -0.0881. The summed E-state index contributed by atoms with van der Waals surface area (Å²) in [5.41, 5.74) is 0. The predicted octanol–water partition coefficient (Wildman–Crippen LogP) is 3.23. The van der Waals surface area contributed by atoms with E-state index in [0.29, 0.717) is 19.2 Å². The summed E-state index contributed by atoms with van der Waals surface area (Å²) in [6.45, 7) is 8.12. The highest BCUT2D eigenvalue weighted by molar-refractivity contribution is 5.71. The van der Waals surface area contributed by atoms with Crippen LogP contribution >= 0.6 is 0 Å². The summed E-state index contributed by atoms with van der Waals surface area (Å²) in [5.74, 6) is 0.789. The molecule has 0 radical (unpaired) electrons. The van der Waals surface area contributed by atoms with Crippen molar-refractivity contribution < 1.29 is 9.53 Å². The standard InChI is InChI=1S/C15H29NO2/c1-4-18-15(17)12-16(13(2)3)11-10-14-8-6-5-7-9-14/h13-14H,4-12H2,1-3H3. The topological polar surface area (TPSA) is 29.5 Å². The molecule has 18 heavy (non-hydrogen) atoms. The Balaban J connectivity index is 2.30. The van der Waals surface area contributed by atoms with Gasteiger partial charge in [-0.05, 0) is 39.7 Å². The van der Waals surface area contributed by atoms with Crippen LogP contribution in [0.4, 0.5) is 0 Å². The second kappa shape index (κ2) is 8.52. The molecule has 106 valence electrons. The fraction of sp³-hybridized carbons (Fsp3) is 0.933. The van der Waals surface area contributed by atoms with Crippen LogP contribution in [0.1, 0.15) is 59.3 Å². The minimum absolute atomic E-state index is 0.0881. The molecular formula is C15H29NO2. The molecule has 0 bridgehead atoms. The molecule has 0 heterocycles. The lowest BCUT2D eigenvalue weighted by atomic mass is 9.87. The molecule has 3 nitrogen and oxygen atoms in total. The van der Waals surface area contributed by atoms with Gasteiger partial charge in [-0.2, -0.15) is 0 Å². The Morgan fingerprint density at radius 2 is 1.94 bits per heavy atom. The number of carbonyl (C=O) groups is 1. The van der Waals surface area contributed by atoms with E-state index in [0.717, 1.165) is 12.5 Å². The van der Waals surface area contributed by atoms with Gasteiger partial charge >= 0.3 is 5.97 Å². The molecule has 1 saturated carbocycles. The highest BCUT2D eigenvalue weighted by Gasteiger charge is 2.18. The Hall–Kier alpha value is -0.570. The third-order valence-corrected chi connectivity index (χ3v) is 3.92. The van der Waals surface area contributed by atoms with Crippen LogP contribution in [0.2, 0.25) is 0 Å². The van der Waals surface area contributed by atoms with Crippen molar-refractivity contribution in [1.82, 2.24) is 4.90 Å². The smallest absolute Gasteiger partial charge is 0.320 e. The first-order valence-electron chi connectivity index (χ1n) is 7.53. The van der Waals surface area contributed by atoms with Crippen LogP contribution in [-0.2, 0) is 9.53 Å². The summed E-state index contributed by atoms with van der Waals surface area (Å²) in [5, 5.41) is 0. The van der Waals surface area contributed by atoms with Crippen molar-refractivity contribution >= 4 is 5.97 Å². The summed E-state index contributed by atoms with van der Waals surface area (Å²) < 4.78 is 5.03. The number of ether oxygens (including phenoxy) is 1. The molecule has 1 rings (SSSR count). The van der Waals surface area contributed by atoms with E-state index in [1.54, 1.807) is 0 Å². The van der Waals surface area contributed by atoms with Gasteiger partial charge in [-0.25, -0.2) is 0 Å². The van der Waals surface area contributed by atoms with E-state index >= 15 is 0 Å². The Kier molecular flexibility index (Phi) is 7.33. The average Bonchev–Trinajstić information content (AvgIpc) is 2.35. The number of nitrogens with zero attached hydrogens (tertiary/aromatic N) is 1. The van der Waals surface area contributed by atoms with E-state index in [-0.39, 0.29) is 5.97 Å². The quantitative estimate of drug-likeness (QED) is 0.654. The van der Waals surface area contributed by atoms with E-state index in [9.17, 15) is 4.79 Å². The minimum Gasteiger partial charge on any atom is -0.465 e. The van der Waals surface area contributed by atoms with Gasteiger partial charge in [-0.15, -0.1) is 0 Å². The zero-order valence-electron chi connectivity index (χ0n) is 12.3.